The predicted molar refractivity (Wildman–Crippen MR) is 55.5 cm³/mol. The Morgan fingerprint density at radius 3 is 2.71 bits per heavy atom. The molecule has 7 heteroatoms. The Hall–Kier alpha value is -2.05. The van der Waals surface area contributed by atoms with Crippen LogP contribution in [0.1, 0.15) is 11.1 Å². The van der Waals surface area contributed by atoms with E-state index in [0.717, 1.165) is 0 Å². The van der Waals surface area contributed by atoms with Crippen molar-refractivity contribution in [1.29, 1.82) is 5.41 Å². The Kier molecular flexibility index (Phi) is 2.53. The quantitative estimate of drug-likeness (QED) is 0.847. The van der Waals surface area contributed by atoms with Gasteiger partial charge in [-0.15, -0.1) is 0 Å². The molecule has 1 aliphatic heterocycles. The van der Waals surface area contributed by atoms with Gasteiger partial charge in [0.05, 0.1) is 0 Å². The van der Waals surface area contributed by atoms with Gasteiger partial charge >= 0.3 is 6.11 Å². The molecule has 1 aromatic carbocycles. The third kappa shape index (κ3) is 2.08. The Bertz CT molecular complexity index is 514. The molecule has 0 bridgehead atoms. The maximum Gasteiger partial charge on any atom is 0.427 e. The molecule has 90 valence electrons. The number of nitrogens with zero attached hydrogens (tertiary/aromatic N) is 1. The molecule has 1 aliphatic rings. The maximum absolute atomic E-state index is 12.7. The fourth-order valence-corrected chi connectivity index (χ4v) is 1.45. The van der Waals surface area contributed by atoms with Crippen molar-refractivity contribution in [1.82, 2.24) is 0 Å². The Balaban J connectivity index is 2.31. The van der Waals surface area contributed by atoms with Crippen molar-refractivity contribution in [2.45, 2.75) is 6.11 Å². The van der Waals surface area contributed by atoms with Crippen molar-refractivity contribution in [2.24, 2.45) is 10.7 Å². The molecule has 0 amide bonds. The van der Waals surface area contributed by atoms with Crippen LogP contribution in [0.5, 0.6) is 5.75 Å². The molecule has 3 N–H and O–H groups in total. The first kappa shape index (κ1) is 11.4. The molecule has 1 heterocycles. The normalized spacial score (nSPS) is 14.5. The molecular weight excluding hydrogens is 235 g/mol. The lowest BCUT2D eigenvalue weighted by Crippen LogP contribution is -2.27. The molecule has 0 fully saturated rings. The average molecular weight is 243 g/mol. The summed E-state index contributed by atoms with van der Waals surface area (Å²) in [5.74, 6) is -0.221. The summed E-state index contributed by atoms with van der Waals surface area (Å²) in [6.45, 7) is -1.92. The molecule has 1 aromatic rings. The van der Waals surface area contributed by atoms with Gasteiger partial charge in [-0.3, -0.25) is 5.41 Å². The van der Waals surface area contributed by atoms with Gasteiger partial charge in [-0.25, -0.2) is 9.38 Å². The van der Waals surface area contributed by atoms with E-state index < -0.39 is 12.8 Å². The summed E-state index contributed by atoms with van der Waals surface area (Å²) >= 11 is 0. The molecule has 0 atom stereocenters. The van der Waals surface area contributed by atoms with Crippen molar-refractivity contribution < 1.29 is 17.9 Å². The van der Waals surface area contributed by atoms with E-state index >= 15 is 0 Å². The van der Waals surface area contributed by atoms with E-state index in [2.05, 4.69) is 9.73 Å². The van der Waals surface area contributed by atoms with Crippen LogP contribution in [-0.2, 0) is 0 Å². The molecule has 17 heavy (non-hydrogen) atoms. The van der Waals surface area contributed by atoms with Gasteiger partial charge in [0.1, 0.15) is 11.6 Å². The zero-order valence-corrected chi connectivity index (χ0v) is 8.51. The van der Waals surface area contributed by atoms with E-state index in [1.807, 2.05) is 0 Å². The second-order valence-corrected chi connectivity index (χ2v) is 3.43. The number of hydrogen-bond donors (Lipinski definition) is 2. The number of amidine groups is 2. The van der Waals surface area contributed by atoms with Crippen LogP contribution in [0.25, 0.3) is 0 Å². The zero-order chi connectivity index (χ0) is 12.6. The minimum absolute atomic E-state index is 0.133. The summed E-state index contributed by atoms with van der Waals surface area (Å²) in [7, 11) is 0. The van der Waals surface area contributed by atoms with Crippen LogP contribution in [0.2, 0.25) is 0 Å². The number of nitrogens with two attached hydrogens (primary N) is 1. The van der Waals surface area contributed by atoms with Gasteiger partial charge < -0.3 is 10.5 Å². The van der Waals surface area contributed by atoms with Crippen LogP contribution in [0, 0.1) is 5.41 Å². The average Bonchev–Trinajstić information content (AvgIpc) is 2.54. The van der Waals surface area contributed by atoms with Gasteiger partial charge in [-0.05, 0) is 18.2 Å². The van der Waals surface area contributed by atoms with Crippen LogP contribution in [-0.4, -0.2) is 24.5 Å². The summed E-state index contributed by atoms with van der Waals surface area (Å²) in [6, 6.07) is 3.81. The number of ether oxygens (including phenoxy) is 1. The maximum atomic E-state index is 12.7. The fourth-order valence-electron chi connectivity index (χ4n) is 1.45. The lowest BCUT2D eigenvalue weighted by Gasteiger charge is -2.14. The number of fused-ring (bicyclic) bond motifs is 1. The van der Waals surface area contributed by atoms with Crippen molar-refractivity contribution >= 4 is 11.7 Å². The van der Waals surface area contributed by atoms with Gasteiger partial charge in [0, 0.05) is 11.1 Å². The first-order valence-electron chi connectivity index (χ1n) is 4.63. The minimum atomic E-state index is -3.87. The summed E-state index contributed by atoms with van der Waals surface area (Å²) in [4.78, 5) is 3.68. The van der Waals surface area contributed by atoms with E-state index in [9.17, 15) is 13.2 Å². The monoisotopic (exact) mass is 243 g/mol. The summed E-state index contributed by atoms with van der Waals surface area (Å²) in [5, 5.41) is 7.45. The standard InChI is InChI=1S/C10H8F3N3O/c11-4-10(12,13)17-5-1-2-6-7(3-5)9(15)16-8(6)14/h1-3H,4H2,(H3,14,15,16). The van der Waals surface area contributed by atoms with Gasteiger partial charge in [-0.1, -0.05) is 0 Å². The highest BCUT2D eigenvalue weighted by atomic mass is 19.3. The van der Waals surface area contributed by atoms with Gasteiger partial charge in [0.15, 0.2) is 12.5 Å². The molecule has 0 aromatic heterocycles. The highest BCUT2D eigenvalue weighted by molar-refractivity contribution is 6.20. The lowest BCUT2D eigenvalue weighted by molar-refractivity contribution is -0.186. The third-order valence-electron chi connectivity index (χ3n) is 2.18. The molecule has 0 spiro atoms. The molecule has 0 saturated heterocycles. The van der Waals surface area contributed by atoms with Crippen LogP contribution in [0.3, 0.4) is 0 Å². The molecule has 2 rings (SSSR count). The van der Waals surface area contributed by atoms with Crippen molar-refractivity contribution in [2.75, 3.05) is 6.67 Å². The van der Waals surface area contributed by atoms with Crippen LogP contribution in [0.15, 0.2) is 23.2 Å². The van der Waals surface area contributed by atoms with Gasteiger partial charge in [0.2, 0.25) is 0 Å². The number of benzene rings is 1. The SMILES string of the molecule is N=C1N=C(N)c2ccc(OC(F)(F)CF)cc21. The van der Waals surface area contributed by atoms with Crippen molar-refractivity contribution in [3.63, 3.8) is 0 Å². The fraction of sp³-hybridized carbons (Fsp3) is 0.200. The number of rotatable bonds is 3. The van der Waals surface area contributed by atoms with E-state index in [1.54, 1.807) is 0 Å². The predicted octanol–water partition coefficient (Wildman–Crippen LogP) is 1.67. The Morgan fingerprint density at radius 1 is 1.35 bits per heavy atom. The van der Waals surface area contributed by atoms with Crippen molar-refractivity contribution in [3.8, 4) is 5.75 Å². The van der Waals surface area contributed by atoms with Crippen LogP contribution < -0.4 is 10.5 Å². The van der Waals surface area contributed by atoms with Gasteiger partial charge in [0.25, 0.3) is 0 Å². The topological polar surface area (TPSA) is 71.5 Å². The highest BCUT2D eigenvalue weighted by Crippen LogP contribution is 2.27. The molecule has 0 unspecified atom stereocenters. The minimum Gasteiger partial charge on any atom is -0.431 e. The zero-order valence-electron chi connectivity index (χ0n) is 8.51. The van der Waals surface area contributed by atoms with Crippen molar-refractivity contribution in [3.05, 3.63) is 29.3 Å². The molecule has 0 radical (unpaired) electrons. The second-order valence-electron chi connectivity index (χ2n) is 3.43. The van der Waals surface area contributed by atoms with E-state index in [4.69, 9.17) is 11.1 Å². The molecule has 4 nitrogen and oxygen atoms in total. The molecule has 0 aliphatic carbocycles. The lowest BCUT2D eigenvalue weighted by atomic mass is 10.1. The first-order chi connectivity index (χ1) is 7.93. The summed E-state index contributed by atoms with van der Waals surface area (Å²) in [5.41, 5.74) is 6.26. The Labute approximate surface area is 94.4 Å². The number of nitrogens with one attached hydrogen (secondary N) is 1. The molecular formula is C10H8F3N3O. The summed E-state index contributed by atoms with van der Waals surface area (Å²) in [6.07, 6.45) is -3.87. The number of alkyl halides is 3. The van der Waals surface area contributed by atoms with Crippen LogP contribution >= 0.6 is 0 Å². The third-order valence-corrected chi connectivity index (χ3v) is 2.18. The first-order valence-corrected chi connectivity index (χ1v) is 4.63. The number of halogens is 3. The number of aliphatic imine (C=N–C) groups is 1. The molecule has 0 saturated carbocycles. The largest absolute Gasteiger partial charge is 0.431 e. The van der Waals surface area contributed by atoms with E-state index in [0.29, 0.717) is 5.56 Å². The van der Waals surface area contributed by atoms with E-state index in [-0.39, 0.29) is 23.0 Å². The smallest absolute Gasteiger partial charge is 0.427 e. The van der Waals surface area contributed by atoms with Gasteiger partial charge in [-0.2, -0.15) is 8.78 Å². The Morgan fingerprint density at radius 2 is 2.06 bits per heavy atom. The highest BCUT2D eigenvalue weighted by Gasteiger charge is 2.32. The van der Waals surface area contributed by atoms with Crippen LogP contribution in [0.4, 0.5) is 13.2 Å². The van der Waals surface area contributed by atoms with E-state index in [1.165, 1.54) is 18.2 Å². The second kappa shape index (κ2) is 3.76. The summed E-state index contributed by atoms with van der Waals surface area (Å²) < 4.78 is 41.4. The number of hydrogen-bond acceptors (Lipinski definition) is 3.